The Kier molecular flexibility index (Phi) is 2.98. The smallest absolute Gasteiger partial charge is 0.187 e. The molecule has 4 heteroatoms. The van der Waals surface area contributed by atoms with Crippen LogP contribution in [0, 0.1) is 0 Å². The van der Waals surface area contributed by atoms with Gasteiger partial charge in [-0.15, -0.1) is 0 Å². The summed E-state index contributed by atoms with van der Waals surface area (Å²) < 4.78 is 6.64. The molecule has 0 amide bonds. The first kappa shape index (κ1) is 11.5. The molecule has 0 aliphatic carbocycles. The molecule has 0 aliphatic rings. The molecule has 94 valence electrons. The zero-order chi connectivity index (χ0) is 13.1. The van der Waals surface area contributed by atoms with Gasteiger partial charge >= 0.3 is 0 Å². The van der Waals surface area contributed by atoms with E-state index >= 15 is 0 Å². The number of benzene rings is 1. The van der Waals surface area contributed by atoms with Crippen molar-refractivity contribution in [3.05, 3.63) is 72.4 Å². The van der Waals surface area contributed by atoms with Gasteiger partial charge < -0.3 is 4.42 Å². The monoisotopic (exact) mass is 252 g/mol. The van der Waals surface area contributed by atoms with E-state index in [1.54, 1.807) is 35.5 Å². The van der Waals surface area contributed by atoms with Gasteiger partial charge in [-0.2, -0.15) is 5.10 Å². The van der Waals surface area contributed by atoms with E-state index in [1.165, 1.54) is 0 Å². The highest BCUT2D eigenvalue weighted by molar-refractivity contribution is 5.95. The molecule has 0 unspecified atom stereocenters. The highest BCUT2D eigenvalue weighted by Crippen LogP contribution is 2.10. The summed E-state index contributed by atoms with van der Waals surface area (Å²) in [7, 11) is 0. The summed E-state index contributed by atoms with van der Waals surface area (Å²) in [6.07, 6.45) is 5.23. The topological polar surface area (TPSA) is 48.0 Å². The zero-order valence-electron chi connectivity index (χ0n) is 10.2. The molecule has 0 saturated heterocycles. The molecule has 19 heavy (non-hydrogen) atoms. The second-order valence-corrected chi connectivity index (χ2v) is 4.21. The fourth-order valence-corrected chi connectivity index (χ4v) is 1.87. The summed E-state index contributed by atoms with van der Waals surface area (Å²) in [5.41, 5.74) is 2.26. The second-order valence-electron chi connectivity index (χ2n) is 4.21. The molecule has 0 aliphatic heterocycles. The van der Waals surface area contributed by atoms with E-state index < -0.39 is 0 Å². The first-order valence-corrected chi connectivity index (χ1v) is 5.98. The van der Waals surface area contributed by atoms with Crippen LogP contribution in [0.3, 0.4) is 0 Å². The van der Waals surface area contributed by atoms with Gasteiger partial charge in [0, 0.05) is 12.6 Å². The normalized spacial score (nSPS) is 10.5. The van der Waals surface area contributed by atoms with E-state index in [4.69, 9.17) is 4.42 Å². The van der Waals surface area contributed by atoms with Gasteiger partial charge in [-0.1, -0.05) is 18.2 Å². The molecule has 0 fully saturated rings. The van der Waals surface area contributed by atoms with E-state index in [-0.39, 0.29) is 5.78 Å². The molecule has 0 radical (unpaired) electrons. The summed E-state index contributed by atoms with van der Waals surface area (Å²) in [5, 5.41) is 4.30. The second kappa shape index (κ2) is 4.94. The van der Waals surface area contributed by atoms with Gasteiger partial charge in [0.15, 0.2) is 5.78 Å². The van der Waals surface area contributed by atoms with Crippen molar-refractivity contribution in [2.45, 2.75) is 6.42 Å². The molecule has 3 rings (SSSR count). The minimum Gasteiger partial charge on any atom is -0.472 e. The van der Waals surface area contributed by atoms with Crippen molar-refractivity contribution in [2.24, 2.45) is 0 Å². The van der Waals surface area contributed by atoms with Gasteiger partial charge in [0.25, 0.3) is 0 Å². The number of carbonyl (C=O) groups is 1. The first-order chi connectivity index (χ1) is 9.33. The summed E-state index contributed by atoms with van der Waals surface area (Å²) >= 11 is 0. The molecule has 0 bridgehead atoms. The molecule has 0 saturated carbocycles. The van der Waals surface area contributed by atoms with Crippen LogP contribution in [0.5, 0.6) is 0 Å². The molecule has 4 nitrogen and oxygen atoms in total. The minimum absolute atomic E-state index is 0.0175. The molecule has 2 aromatic heterocycles. The van der Waals surface area contributed by atoms with Crippen molar-refractivity contribution in [3.8, 4) is 5.69 Å². The van der Waals surface area contributed by atoms with E-state index in [1.807, 2.05) is 30.3 Å². The maximum atomic E-state index is 12.0. The third-order valence-electron chi connectivity index (χ3n) is 2.84. The molecule has 2 heterocycles. The third kappa shape index (κ3) is 2.47. The lowest BCUT2D eigenvalue weighted by Crippen LogP contribution is -2.05. The Labute approximate surface area is 110 Å². The molecule has 0 atom stereocenters. The first-order valence-electron chi connectivity index (χ1n) is 5.98. The number of furan rings is 1. The van der Waals surface area contributed by atoms with Crippen molar-refractivity contribution < 1.29 is 9.21 Å². The molecule has 3 aromatic rings. The quantitative estimate of drug-likeness (QED) is 0.671. The van der Waals surface area contributed by atoms with E-state index in [0.717, 1.165) is 11.3 Å². The summed E-state index contributed by atoms with van der Waals surface area (Å²) in [6.45, 7) is 0. The number of carbonyl (C=O) groups excluding carboxylic acids is 1. The SMILES string of the molecule is O=C(Cc1ccoc1)c1ccn(-c2ccccc2)n1. The van der Waals surface area contributed by atoms with Gasteiger partial charge in [0.2, 0.25) is 0 Å². The van der Waals surface area contributed by atoms with Gasteiger partial charge in [0.05, 0.1) is 18.2 Å². The van der Waals surface area contributed by atoms with Crippen LogP contribution in [-0.4, -0.2) is 15.6 Å². The van der Waals surface area contributed by atoms with E-state index in [2.05, 4.69) is 5.10 Å². The van der Waals surface area contributed by atoms with Gasteiger partial charge in [-0.3, -0.25) is 4.79 Å². The number of para-hydroxylation sites is 1. The summed E-state index contributed by atoms with van der Waals surface area (Å²) in [6, 6.07) is 13.2. The largest absolute Gasteiger partial charge is 0.472 e. The van der Waals surface area contributed by atoms with Gasteiger partial charge in [0.1, 0.15) is 5.69 Å². The molecular formula is C15H12N2O2. The Morgan fingerprint density at radius 3 is 2.74 bits per heavy atom. The lowest BCUT2D eigenvalue weighted by atomic mass is 10.1. The van der Waals surface area contributed by atoms with E-state index in [0.29, 0.717) is 12.1 Å². The number of hydrogen-bond acceptors (Lipinski definition) is 3. The summed E-state index contributed by atoms with van der Waals surface area (Å²) in [5.74, 6) is -0.0175. The van der Waals surface area contributed by atoms with Crippen LogP contribution in [0.4, 0.5) is 0 Å². The van der Waals surface area contributed by atoms with Crippen LogP contribution in [-0.2, 0) is 6.42 Å². The number of rotatable bonds is 4. The number of hydrogen-bond donors (Lipinski definition) is 0. The maximum absolute atomic E-state index is 12.0. The maximum Gasteiger partial charge on any atom is 0.187 e. The number of aromatic nitrogens is 2. The average Bonchev–Trinajstić information content (AvgIpc) is 3.10. The molecular weight excluding hydrogens is 240 g/mol. The Hall–Kier alpha value is -2.62. The molecule has 1 aromatic carbocycles. The summed E-state index contributed by atoms with van der Waals surface area (Å²) in [4.78, 5) is 12.0. The fraction of sp³-hybridized carbons (Fsp3) is 0.0667. The van der Waals surface area contributed by atoms with Crippen LogP contribution >= 0.6 is 0 Å². The van der Waals surface area contributed by atoms with Crippen LogP contribution < -0.4 is 0 Å². The highest BCUT2D eigenvalue weighted by atomic mass is 16.3. The van der Waals surface area contributed by atoms with Crippen molar-refractivity contribution in [1.29, 1.82) is 0 Å². The Bertz CT molecular complexity index is 669. The van der Waals surface area contributed by atoms with Gasteiger partial charge in [-0.25, -0.2) is 4.68 Å². The molecule has 0 spiro atoms. The number of ketones is 1. The van der Waals surface area contributed by atoms with Crippen LogP contribution in [0.1, 0.15) is 16.1 Å². The predicted molar refractivity (Wildman–Crippen MR) is 70.3 cm³/mol. The number of Topliss-reactive ketones (excluding diaryl/α,β-unsaturated/α-hetero) is 1. The fourth-order valence-electron chi connectivity index (χ4n) is 1.87. The van der Waals surface area contributed by atoms with Crippen LogP contribution in [0.2, 0.25) is 0 Å². The highest BCUT2D eigenvalue weighted by Gasteiger charge is 2.11. The van der Waals surface area contributed by atoms with Crippen molar-refractivity contribution in [1.82, 2.24) is 9.78 Å². The Balaban J connectivity index is 1.80. The minimum atomic E-state index is -0.0175. The predicted octanol–water partition coefficient (Wildman–Crippen LogP) is 2.89. The van der Waals surface area contributed by atoms with Gasteiger partial charge in [-0.05, 0) is 29.8 Å². The third-order valence-corrected chi connectivity index (χ3v) is 2.84. The lowest BCUT2D eigenvalue weighted by Gasteiger charge is -1.99. The van der Waals surface area contributed by atoms with E-state index in [9.17, 15) is 4.79 Å². The van der Waals surface area contributed by atoms with Crippen molar-refractivity contribution in [2.75, 3.05) is 0 Å². The average molecular weight is 252 g/mol. The lowest BCUT2D eigenvalue weighted by molar-refractivity contribution is 0.0987. The standard InChI is InChI=1S/C15H12N2O2/c18-15(10-12-7-9-19-11-12)14-6-8-17(16-14)13-4-2-1-3-5-13/h1-9,11H,10H2. The van der Waals surface area contributed by atoms with Crippen molar-refractivity contribution >= 4 is 5.78 Å². The Morgan fingerprint density at radius 2 is 2.00 bits per heavy atom. The zero-order valence-corrected chi connectivity index (χ0v) is 10.2. The number of nitrogens with zero attached hydrogens (tertiary/aromatic N) is 2. The molecule has 0 N–H and O–H groups in total. The Morgan fingerprint density at radius 1 is 1.16 bits per heavy atom. The van der Waals surface area contributed by atoms with Crippen LogP contribution in [0.15, 0.2) is 65.6 Å². The van der Waals surface area contributed by atoms with Crippen molar-refractivity contribution in [3.63, 3.8) is 0 Å². The van der Waals surface area contributed by atoms with Crippen LogP contribution in [0.25, 0.3) is 5.69 Å².